The second-order valence-electron chi connectivity index (χ2n) is 6.38. The number of hydrogen-bond donors (Lipinski definition) is 1. The second-order valence-corrected chi connectivity index (χ2v) is 6.38. The average Bonchev–Trinajstić information content (AvgIpc) is 3.10. The normalized spacial score (nSPS) is 20.3. The molecule has 0 spiro atoms. The quantitative estimate of drug-likeness (QED) is 0.840. The van der Waals surface area contributed by atoms with Crippen LogP contribution in [0.25, 0.3) is 0 Å². The fourth-order valence-corrected chi connectivity index (χ4v) is 3.51. The van der Waals surface area contributed by atoms with Crippen molar-refractivity contribution in [2.75, 3.05) is 45.9 Å². The van der Waals surface area contributed by atoms with E-state index in [-0.39, 0.29) is 6.03 Å². The van der Waals surface area contributed by atoms with Crippen LogP contribution in [0.5, 0.6) is 0 Å². The van der Waals surface area contributed by atoms with E-state index < -0.39 is 0 Å². The Labute approximate surface area is 143 Å². The van der Waals surface area contributed by atoms with E-state index in [0.717, 1.165) is 64.6 Å². The van der Waals surface area contributed by atoms with Crippen molar-refractivity contribution in [1.29, 1.82) is 0 Å². The number of carbonyl (C=O) groups is 1. The SMILES string of the molecule is CCn1cnnc1CCNC(=O)N1CCC(N2CCOCC2)CC1. The van der Waals surface area contributed by atoms with E-state index >= 15 is 0 Å². The lowest BCUT2D eigenvalue weighted by atomic mass is 10.0. The summed E-state index contributed by atoms with van der Waals surface area (Å²) in [5.41, 5.74) is 0. The van der Waals surface area contributed by atoms with Gasteiger partial charge < -0.3 is 19.5 Å². The number of aromatic nitrogens is 3. The van der Waals surface area contributed by atoms with Gasteiger partial charge in [0.15, 0.2) is 0 Å². The Morgan fingerprint density at radius 3 is 2.75 bits per heavy atom. The molecule has 0 radical (unpaired) electrons. The van der Waals surface area contributed by atoms with E-state index in [0.29, 0.717) is 19.0 Å². The Morgan fingerprint density at radius 1 is 1.29 bits per heavy atom. The van der Waals surface area contributed by atoms with Crippen molar-refractivity contribution >= 4 is 6.03 Å². The van der Waals surface area contributed by atoms with Crippen LogP contribution >= 0.6 is 0 Å². The van der Waals surface area contributed by atoms with Gasteiger partial charge in [-0.05, 0) is 19.8 Å². The largest absolute Gasteiger partial charge is 0.379 e. The summed E-state index contributed by atoms with van der Waals surface area (Å²) in [7, 11) is 0. The Balaban J connectivity index is 1.37. The first-order valence-corrected chi connectivity index (χ1v) is 8.99. The van der Waals surface area contributed by atoms with Gasteiger partial charge in [0.05, 0.1) is 13.2 Å². The number of rotatable bonds is 5. The average molecular weight is 336 g/mol. The Bertz CT molecular complexity index is 520. The summed E-state index contributed by atoms with van der Waals surface area (Å²) >= 11 is 0. The van der Waals surface area contributed by atoms with Gasteiger partial charge in [-0.3, -0.25) is 4.90 Å². The van der Waals surface area contributed by atoms with Crippen LogP contribution in [0.2, 0.25) is 0 Å². The van der Waals surface area contributed by atoms with Crippen LogP contribution in [-0.2, 0) is 17.7 Å². The van der Waals surface area contributed by atoms with Gasteiger partial charge in [0.1, 0.15) is 12.2 Å². The molecule has 2 saturated heterocycles. The summed E-state index contributed by atoms with van der Waals surface area (Å²) in [5, 5.41) is 11.0. The fraction of sp³-hybridized carbons (Fsp3) is 0.812. The van der Waals surface area contributed by atoms with E-state index in [2.05, 4.69) is 27.3 Å². The van der Waals surface area contributed by atoms with Gasteiger partial charge in [0, 0.05) is 51.7 Å². The highest BCUT2D eigenvalue weighted by Crippen LogP contribution is 2.17. The smallest absolute Gasteiger partial charge is 0.317 e. The zero-order valence-electron chi connectivity index (χ0n) is 14.5. The van der Waals surface area contributed by atoms with Crippen molar-refractivity contribution in [2.45, 2.75) is 38.8 Å². The minimum atomic E-state index is 0.0398. The number of aryl methyl sites for hydroxylation is 1. The number of hydrogen-bond acceptors (Lipinski definition) is 5. The molecular weight excluding hydrogens is 308 g/mol. The number of morpholine rings is 1. The van der Waals surface area contributed by atoms with Gasteiger partial charge in [-0.2, -0.15) is 0 Å². The third kappa shape index (κ3) is 4.24. The first-order chi connectivity index (χ1) is 11.8. The standard InChI is InChI=1S/C16H28N6O2/c1-2-20-13-18-19-15(20)3-6-17-16(23)22-7-4-14(5-8-22)21-9-11-24-12-10-21/h13-14H,2-12H2,1H3,(H,17,23). The van der Waals surface area contributed by atoms with Crippen LogP contribution in [0, 0.1) is 0 Å². The third-order valence-corrected chi connectivity index (χ3v) is 4.98. The summed E-state index contributed by atoms with van der Waals surface area (Å²) in [4.78, 5) is 16.7. The molecule has 1 N–H and O–H groups in total. The van der Waals surface area contributed by atoms with Crippen molar-refractivity contribution < 1.29 is 9.53 Å². The molecule has 0 saturated carbocycles. The van der Waals surface area contributed by atoms with Crippen LogP contribution in [-0.4, -0.2) is 82.6 Å². The number of nitrogens with zero attached hydrogens (tertiary/aromatic N) is 5. The Hall–Kier alpha value is -1.67. The maximum atomic E-state index is 12.3. The lowest BCUT2D eigenvalue weighted by Gasteiger charge is -2.40. The fourth-order valence-electron chi connectivity index (χ4n) is 3.51. The molecule has 2 amide bonds. The molecule has 0 aliphatic carbocycles. The van der Waals surface area contributed by atoms with Crippen LogP contribution in [0.4, 0.5) is 4.79 Å². The molecule has 2 aliphatic heterocycles. The van der Waals surface area contributed by atoms with E-state index in [1.165, 1.54) is 0 Å². The van der Waals surface area contributed by atoms with Gasteiger partial charge in [-0.25, -0.2) is 4.79 Å². The van der Waals surface area contributed by atoms with Gasteiger partial charge >= 0.3 is 6.03 Å². The number of urea groups is 1. The van der Waals surface area contributed by atoms with E-state index in [1.807, 2.05) is 9.47 Å². The number of carbonyl (C=O) groups excluding carboxylic acids is 1. The van der Waals surface area contributed by atoms with Gasteiger partial charge in [0.2, 0.25) is 0 Å². The molecule has 2 aliphatic rings. The molecule has 8 heteroatoms. The molecule has 0 aromatic carbocycles. The van der Waals surface area contributed by atoms with Gasteiger partial charge in [-0.15, -0.1) is 10.2 Å². The Morgan fingerprint density at radius 2 is 2.04 bits per heavy atom. The van der Waals surface area contributed by atoms with E-state index in [4.69, 9.17) is 4.74 Å². The molecule has 24 heavy (non-hydrogen) atoms. The molecule has 0 atom stereocenters. The Kier molecular flexibility index (Phi) is 6.03. The van der Waals surface area contributed by atoms with Crippen molar-refractivity contribution in [1.82, 2.24) is 29.9 Å². The first kappa shape index (κ1) is 17.2. The molecule has 134 valence electrons. The third-order valence-electron chi connectivity index (χ3n) is 4.98. The van der Waals surface area contributed by atoms with Crippen molar-refractivity contribution in [2.24, 2.45) is 0 Å². The molecule has 1 aromatic heterocycles. The summed E-state index contributed by atoms with van der Waals surface area (Å²) in [5.74, 6) is 0.920. The molecule has 3 rings (SSSR count). The maximum Gasteiger partial charge on any atom is 0.317 e. The monoisotopic (exact) mass is 336 g/mol. The summed E-state index contributed by atoms with van der Waals surface area (Å²) < 4.78 is 7.41. The topological polar surface area (TPSA) is 75.5 Å². The van der Waals surface area contributed by atoms with Crippen molar-refractivity contribution in [3.8, 4) is 0 Å². The highest BCUT2D eigenvalue weighted by atomic mass is 16.5. The highest BCUT2D eigenvalue weighted by molar-refractivity contribution is 5.74. The van der Waals surface area contributed by atoms with Crippen LogP contribution in [0.1, 0.15) is 25.6 Å². The number of amides is 2. The predicted octanol–water partition coefficient (Wildman–Crippen LogP) is 0.347. The minimum Gasteiger partial charge on any atom is -0.379 e. The van der Waals surface area contributed by atoms with Gasteiger partial charge in [-0.1, -0.05) is 0 Å². The molecule has 1 aromatic rings. The predicted molar refractivity (Wildman–Crippen MR) is 89.8 cm³/mol. The van der Waals surface area contributed by atoms with Crippen molar-refractivity contribution in [3.63, 3.8) is 0 Å². The summed E-state index contributed by atoms with van der Waals surface area (Å²) in [6.45, 7) is 8.89. The molecule has 3 heterocycles. The zero-order chi connectivity index (χ0) is 16.8. The number of nitrogens with one attached hydrogen (secondary N) is 1. The van der Waals surface area contributed by atoms with E-state index in [1.54, 1.807) is 6.33 Å². The number of piperidine rings is 1. The molecule has 8 nitrogen and oxygen atoms in total. The van der Waals surface area contributed by atoms with Gasteiger partial charge in [0.25, 0.3) is 0 Å². The van der Waals surface area contributed by atoms with Crippen molar-refractivity contribution in [3.05, 3.63) is 12.2 Å². The first-order valence-electron chi connectivity index (χ1n) is 8.99. The molecule has 2 fully saturated rings. The lowest BCUT2D eigenvalue weighted by Crippen LogP contribution is -2.52. The number of likely N-dealkylation sites (tertiary alicyclic amines) is 1. The molecule has 0 unspecified atom stereocenters. The highest BCUT2D eigenvalue weighted by Gasteiger charge is 2.27. The summed E-state index contributed by atoms with van der Waals surface area (Å²) in [6.07, 6.45) is 4.55. The zero-order valence-corrected chi connectivity index (χ0v) is 14.5. The van der Waals surface area contributed by atoms with E-state index in [9.17, 15) is 4.79 Å². The lowest BCUT2D eigenvalue weighted by molar-refractivity contribution is 0.00381. The van der Waals surface area contributed by atoms with Crippen LogP contribution in [0.15, 0.2) is 6.33 Å². The minimum absolute atomic E-state index is 0.0398. The molecule has 0 bridgehead atoms. The van der Waals surface area contributed by atoms with Crippen LogP contribution in [0.3, 0.4) is 0 Å². The molecular formula is C16H28N6O2. The number of ether oxygens (including phenoxy) is 1. The maximum absolute atomic E-state index is 12.3. The summed E-state index contributed by atoms with van der Waals surface area (Å²) in [6, 6.07) is 0.638. The second kappa shape index (κ2) is 8.43. The van der Waals surface area contributed by atoms with Crippen LogP contribution < -0.4 is 5.32 Å².